The van der Waals surface area contributed by atoms with Crippen molar-refractivity contribution in [2.45, 2.75) is 36.1 Å². The summed E-state index contributed by atoms with van der Waals surface area (Å²) in [6.45, 7) is 0. The third-order valence-corrected chi connectivity index (χ3v) is 5.08. The molecule has 1 aromatic rings. The van der Waals surface area contributed by atoms with E-state index in [1.807, 2.05) is 0 Å². The van der Waals surface area contributed by atoms with E-state index in [1.165, 1.54) is 18.2 Å². The van der Waals surface area contributed by atoms with Gasteiger partial charge in [-0.15, -0.1) is 0 Å². The van der Waals surface area contributed by atoms with Crippen molar-refractivity contribution in [1.29, 1.82) is 0 Å². The Hall–Kier alpha value is -1.67. The fourth-order valence-electron chi connectivity index (χ4n) is 2.46. The highest BCUT2D eigenvalue weighted by atomic mass is 32.2. The summed E-state index contributed by atoms with van der Waals surface area (Å²) < 4.78 is 40.6. The van der Waals surface area contributed by atoms with Crippen molar-refractivity contribution < 1.29 is 18.0 Å². The van der Waals surface area contributed by atoms with Gasteiger partial charge in [0.25, 0.3) is 0 Å². The van der Waals surface area contributed by atoms with Gasteiger partial charge in [0.15, 0.2) is 5.84 Å². The lowest BCUT2D eigenvalue weighted by atomic mass is 9.98. The van der Waals surface area contributed by atoms with Crippen molar-refractivity contribution in [3.63, 3.8) is 0 Å². The molecule has 0 unspecified atom stereocenters. The SMILES string of the molecule is N/C(=N/O)C1(NS(=O)(=O)c2ccccc2F)CCCC1. The zero-order valence-electron chi connectivity index (χ0n) is 10.7. The molecular formula is C12H16FN3O3S. The van der Waals surface area contributed by atoms with Crippen LogP contribution < -0.4 is 10.5 Å². The van der Waals surface area contributed by atoms with Crippen LogP contribution in [0, 0.1) is 5.82 Å². The van der Waals surface area contributed by atoms with E-state index in [1.54, 1.807) is 0 Å². The Kier molecular flexibility index (Phi) is 3.96. The fraction of sp³-hybridized carbons (Fsp3) is 0.417. The second-order valence-electron chi connectivity index (χ2n) is 4.81. The number of nitrogens with zero attached hydrogens (tertiary/aromatic N) is 1. The van der Waals surface area contributed by atoms with E-state index in [-0.39, 0.29) is 5.84 Å². The van der Waals surface area contributed by atoms with Gasteiger partial charge in [-0.25, -0.2) is 12.8 Å². The van der Waals surface area contributed by atoms with Crippen LogP contribution in [0.1, 0.15) is 25.7 Å². The quantitative estimate of drug-likeness (QED) is 0.336. The topological polar surface area (TPSA) is 105 Å². The summed E-state index contributed by atoms with van der Waals surface area (Å²) in [4.78, 5) is -0.447. The first-order chi connectivity index (χ1) is 9.41. The van der Waals surface area contributed by atoms with Crippen molar-refractivity contribution in [2.24, 2.45) is 10.9 Å². The van der Waals surface area contributed by atoms with Gasteiger partial charge in [0, 0.05) is 0 Å². The molecule has 1 saturated carbocycles. The Bertz CT molecular complexity index is 625. The van der Waals surface area contributed by atoms with E-state index in [0.717, 1.165) is 18.9 Å². The van der Waals surface area contributed by atoms with E-state index in [0.29, 0.717) is 12.8 Å². The maximum absolute atomic E-state index is 13.6. The van der Waals surface area contributed by atoms with Gasteiger partial charge < -0.3 is 10.9 Å². The van der Waals surface area contributed by atoms with Gasteiger partial charge in [0.1, 0.15) is 10.7 Å². The van der Waals surface area contributed by atoms with Crippen LogP contribution in [0.25, 0.3) is 0 Å². The van der Waals surface area contributed by atoms with E-state index >= 15 is 0 Å². The molecule has 8 heteroatoms. The second-order valence-corrected chi connectivity index (χ2v) is 6.46. The van der Waals surface area contributed by atoms with Gasteiger partial charge in [-0.1, -0.05) is 30.1 Å². The third kappa shape index (κ3) is 2.61. The Morgan fingerprint density at radius 2 is 1.95 bits per heavy atom. The molecule has 0 spiro atoms. The molecule has 0 bridgehead atoms. The smallest absolute Gasteiger partial charge is 0.244 e. The first-order valence-electron chi connectivity index (χ1n) is 6.18. The Morgan fingerprint density at radius 1 is 1.35 bits per heavy atom. The molecule has 20 heavy (non-hydrogen) atoms. The molecule has 1 aliphatic rings. The summed E-state index contributed by atoms with van der Waals surface area (Å²) in [6, 6.07) is 5.08. The first-order valence-corrected chi connectivity index (χ1v) is 7.66. The molecule has 6 nitrogen and oxygen atoms in total. The van der Waals surface area contributed by atoms with Crippen LogP contribution >= 0.6 is 0 Å². The molecule has 1 aliphatic carbocycles. The highest BCUT2D eigenvalue weighted by Gasteiger charge is 2.42. The molecule has 4 N–H and O–H groups in total. The van der Waals surface area contributed by atoms with Gasteiger partial charge in [-0.05, 0) is 25.0 Å². The summed E-state index contributed by atoms with van der Waals surface area (Å²) in [6.07, 6.45) is 2.32. The molecular weight excluding hydrogens is 285 g/mol. The van der Waals surface area contributed by atoms with Crippen LogP contribution in [0.5, 0.6) is 0 Å². The van der Waals surface area contributed by atoms with Crippen molar-refractivity contribution in [3.8, 4) is 0 Å². The predicted molar refractivity (Wildman–Crippen MR) is 71.3 cm³/mol. The molecule has 0 aromatic heterocycles. The minimum Gasteiger partial charge on any atom is -0.409 e. The number of oxime groups is 1. The highest BCUT2D eigenvalue weighted by molar-refractivity contribution is 7.89. The summed E-state index contributed by atoms with van der Waals surface area (Å²) in [5.74, 6) is -1.04. The number of halogens is 1. The lowest BCUT2D eigenvalue weighted by molar-refractivity contribution is 0.309. The Labute approximate surface area is 116 Å². The van der Waals surface area contributed by atoms with Crippen LogP contribution in [-0.2, 0) is 10.0 Å². The number of nitrogens with two attached hydrogens (primary N) is 1. The maximum atomic E-state index is 13.6. The van der Waals surface area contributed by atoms with Crippen LogP contribution in [0.3, 0.4) is 0 Å². The molecule has 0 aliphatic heterocycles. The van der Waals surface area contributed by atoms with Crippen LogP contribution in [0.2, 0.25) is 0 Å². The van der Waals surface area contributed by atoms with Crippen molar-refractivity contribution in [3.05, 3.63) is 30.1 Å². The second kappa shape index (κ2) is 5.37. The number of sulfonamides is 1. The fourth-order valence-corrected chi connectivity index (χ4v) is 3.98. The average molecular weight is 301 g/mol. The zero-order valence-corrected chi connectivity index (χ0v) is 11.5. The van der Waals surface area contributed by atoms with Crippen LogP contribution in [-0.4, -0.2) is 25.0 Å². The van der Waals surface area contributed by atoms with Gasteiger partial charge in [0.05, 0.1) is 5.54 Å². The van der Waals surface area contributed by atoms with Gasteiger partial charge in [-0.2, -0.15) is 4.72 Å². The molecule has 110 valence electrons. The number of hydrogen-bond donors (Lipinski definition) is 3. The van der Waals surface area contributed by atoms with Crippen molar-refractivity contribution in [1.82, 2.24) is 4.72 Å². The van der Waals surface area contributed by atoms with Crippen LogP contribution in [0.4, 0.5) is 4.39 Å². The molecule has 1 aromatic carbocycles. The lowest BCUT2D eigenvalue weighted by Crippen LogP contribution is -2.55. The minimum absolute atomic E-state index is 0.199. The summed E-state index contributed by atoms with van der Waals surface area (Å²) in [5, 5.41) is 11.8. The summed E-state index contributed by atoms with van der Waals surface area (Å²) in [5.41, 5.74) is 4.47. The molecule has 0 radical (unpaired) electrons. The Morgan fingerprint density at radius 3 is 2.50 bits per heavy atom. The number of benzene rings is 1. The molecule has 0 amide bonds. The van der Waals surface area contributed by atoms with Crippen molar-refractivity contribution >= 4 is 15.9 Å². The average Bonchev–Trinajstić information content (AvgIpc) is 2.87. The molecule has 0 heterocycles. The number of hydrogen-bond acceptors (Lipinski definition) is 4. The minimum atomic E-state index is -4.08. The number of amidine groups is 1. The monoisotopic (exact) mass is 301 g/mol. The normalized spacial score (nSPS) is 19.1. The molecule has 2 rings (SSSR count). The third-order valence-electron chi connectivity index (χ3n) is 3.51. The van der Waals surface area contributed by atoms with E-state index in [9.17, 15) is 12.8 Å². The molecule has 0 saturated heterocycles. The summed E-state index contributed by atoms with van der Waals surface area (Å²) >= 11 is 0. The molecule has 0 atom stereocenters. The van der Waals surface area contributed by atoms with Gasteiger partial charge in [-0.3, -0.25) is 0 Å². The number of nitrogens with one attached hydrogen (secondary N) is 1. The first kappa shape index (κ1) is 14.7. The standard InChI is InChI=1S/C12H16FN3O3S/c13-9-5-1-2-6-10(9)20(18,19)16-12(11(14)15-17)7-3-4-8-12/h1-2,5-6,16-17H,3-4,7-8H2,(H2,14,15). The predicted octanol–water partition coefficient (Wildman–Crippen LogP) is 1.16. The molecule has 1 fully saturated rings. The Balaban J connectivity index is 2.39. The van der Waals surface area contributed by atoms with Crippen LogP contribution in [0.15, 0.2) is 34.3 Å². The van der Waals surface area contributed by atoms with E-state index in [2.05, 4.69) is 9.88 Å². The van der Waals surface area contributed by atoms with E-state index in [4.69, 9.17) is 10.9 Å². The van der Waals surface area contributed by atoms with Gasteiger partial charge >= 0.3 is 0 Å². The highest BCUT2D eigenvalue weighted by Crippen LogP contribution is 2.31. The van der Waals surface area contributed by atoms with Gasteiger partial charge in [0.2, 0.25) is 10.0 Å². The zero-order chi connectivity index (χ0) is 14.8. The lowest BCUT2D eigenvalue weighted by Gasteiger charge is -2.28. The van der Waals surface area contributed by atoms with E-state index < -0.39 is 26.3 Å². The largest absolute Gasteiger partial charge is 0.409 e. The summed E-state index contributed by atoms with van der Waals surface area (Å²) in [7, 11) is -4.08. The van der Waals surface area contributed by atoms with Crippen molar-refractivity contribution in [2.75, 3.05) is 0 Å². The number of rotatable bonds is 4. The maximum Gasteiger partial charge on any atom is 0.244 e.